The quantitative estimate of drug-likeness (QED) is 0.557. The fourth-order valence-corrected chi connectivity index (χ4v) is 4.24. The van der Waals surface area contributed by atoms with Gasteiger partial charge in [0.2, 0.25) is 0 Å². The summed E-state index contributed by atoms with van der Waals surface area (Å²) in [6.45, 7) is 3.87. The largest absolute Gasteiger partial charge is 0.494 e. The van der Waals surface area contributed by atoms with Gasteiger partial charge in [-0.1, -0.05) is 30.4 Å². The summed E-state index contributed by atoms with van der Waals surface area (Å²) < 4.78 is 16.8. The van der Waals surface area contributed by atoms with Crippen molar-refractivity contribution in [1.82, 2.24) is 0 Å². The molecule has 0 bridgehead atoms. The first-order valence-corrected chi connectivity index (χ1v) is 9.72. The summed E-state index contributed by atoms with van der Waals surface area (Å²) in [6, 6.07) is 15.0. The molecule has 0 saturated carbocycles. The molecule has 3 unspecified atom stereocenters. The third-order valence-electron chi connectivity index (χ3n) is 5.44. The number of para-hydroxylation sites is 1. The van der Waals surface area contributed by atoms with Crippen LogP contribution in [0.5, 0.6) is 11.5 Å². The Kier molecular flexibility index (Phi) is 5.35. The molecule has 0 saturated heterocycles. The number of nitrogens with one attached hydrogen (secondary N) is 1. The molecule has 4 nitrogen and oxygen atoms in total. The van der Waals surface area contributed by atoms with Crippen molar-refractivity contribution in [2.24, 2.45) is 5.92 Å². The zero-order valence-electron chi connectivity index (χ0n) is 16.0. The zero-order chi connectivity index (χ0) is 18.6. The van der Waals surface area contributed by atoms with E-state index in [2.05, 4.69) is 47.8 Å². The van der Waals surface area contributed by atoms with Gasteiger partial charge in [0, 0.05) is 24.3 Å². The molecule has 1 aliphatic carbocycles. The summed E-state index contributed by atoms with van der Waals surface area (Å²) in [5.41, 5.74) is 3.73. The van der Waals surface area contributed by atoms with Crippen molar-refractivity contribution < 1.29 is 14.2 Å². The molecule has 0 radical (unpaired) electrons. The average Bonchev–Trinajstić information content (AvgIpc) is 3.19. The van der Waals surface area contributed by atoms with Gasteiger partial charge in [-0.2, -0.15) is 0 Å². The Morgan fingerprint density at radius 3 is 2.78 bits per heavy atom. The van der Waals surface area contributed by atoms with E-state index in [-0.39, 0.29) is 6.04 Å². The van der Waals surface area contributed by atoms with Crippen LogP contribution in [0.15, 0.2) is 54.6 Å². The van der Waals surface area contributed by atoms with Gasteiger partial charge in [0.15, 0.2) is 0 Å². The minimum atomic E-state index is 0.237. The molecule has 142 valence electrons. The molecule has 0 fully saturated rings. The number of methoxy groups -OCH3 is 1. The zero-order valence-corrected chi connectivity index (χ0v) is 16.0. The Hall–Kier alpha value is -2.46. The lowest BCUT2D eigenvalue weighted by molar-refractivity contribution is 0.146. The second kappa shape index (κ2) is 8.05. The van der Waals surface area contributed by atoms with E-state index >= 15 is 0 Å². The minimum absolute atomic E-state index is 0.237. The van der Waals surface area contributed by atoms with Crippen molar-refractivity contribution >= 4 is 5.69 Å². The average molecular weight is 365 g/mol. The summed E-state index contributed by atoms with van der Waals surface area (Å²) in [5.74, 6) is 2.76. The summed E-state index contributed by atoms with van der Waals surface area (Å²) >= 11 is 0. The molecule has 4 heteroatoms. The van der Waals surface area contributed by atoms with Crippen LogP contribution in [-0.4, -0.2) is 26.9 Å². The topological polar surface area (TPSA) is 39.7 Å². The van der Waals surface area contributed by atoms with Crippen LogP contribution in [0.1, 0.15) is 36.4 Å². The predicted octanol–water partition coefficient (Wildman–Crippen LogP) is 4.94. The van der Waals surface area contributed by atoms with E-state index in [1.807, 2.05) is 19.1 Å². The van der Waals surface area contributed by atoms with Crippen molar-refractivity contribution in [3.05, 3.63) is 65.7 Å². The second-order valence-electron chi connectivity index (χ2n) is 7.04. The summed E-state index contributed by atoms with van der Waals surface area (Å²) in [6.07, 6.45) is 5.72. The second-order valence-corrected chi connectivity index (χ2v) is 7.04. The van der Waals surface area contributed by atoms with Crippen LogP contribution in [0.3, 0.4) is 0 Å². The molecule has 0 amide bonds. The summed E-state index contributed by atoms with van der Waals surface area (Å²) in [5, 5.41) is 3.78. The Labute approximate surface area is 161 Å². The first kappa shape index (κ1) is 17.9. The van der Waals surface area contributed by atoms with Crippen LogP contribution in [0, 0.1) is 5.92 Å². The van der Waals surface area contributed by atoms with Crippen LogP contribution < -0.4 is 14.8 Å². The van der Waals surface area contributed by atoms with Gasteiger partial charge in [-0.15, -0.1) is 0 Å². The third-order valence-corrected chi connectivity index (χ3v) is 5.44. The molecule has 0 aromatic heterocycles. The van der Waals surface area contributed by atoms with Crippen LogP contribution in [0.25, 0.3) is 0 Å². The van der Waals surface area contributed by atoms with Crippen molar-refractivity contribution in [2.45, 2.75) is 25.3 Å². The number of rotatable bonds is 7. The van der Waals surface area contributed by atoms with Crippen molar-refractivity contribution in [2.75, 3.05) is 32.2 Å². The number of allylic oxidation sites excluding steroid dienone is 2. The molecule has 1 aliphatic heterocycles. The van der Waals surface area contributed by atoms with E-state index in [1.165, 1.54) is 16.8 Å². The highest BCUT2D eigenvalue weighted by atomic mass is 16.5. The van der Waals surface area contributed by atoms with Gasteiger partial charge >= 0.3 is 0 Å². The van der Waals surface area contributed by atoms with Crippen LogP contribution >= 0.6 is 0 Å². The molecule has 2 aromatic rings. The molecule has 27 heavy (non-hydrogen) atoms. The Morgan fingerprint density at radius 2 is 1.93 bits per heavy atom. The lowest BCUT2D eigenvalue weighted by Crippen LogP contribution is -2.29. The maximum atomic E-state index is 5.91. The molecule has 1 N–H and O–H groups in total. The van der Waals surface area contributed by atoms with E-state index in [4.69, 9.17) is 14.2 Å². The predicted molar refractivity (Wildman–Crippen MR) is 108 cm³/mol. The van der Waals surface area contributed by atoms with Gasteiger partial charge in [-0.25, -0.2) is 0 Å². The summed E-state index contributed by atoms with van der Waals surface area (Å²) in [7, 11) is 1.69. The number of benzene rings is 2. The Morgan fingerprint density at radius 1 is 1.04 bits per heavy atom. The normalized spacial score (nSPS) is 22.7. The van der Waals surface area contributed by atoms with Crippen LogP contribution in [-0.2, 0) is 4.74 Å². The fraction of sp³-hybridized carbons (Fsp3) is 0.391. The molecule has 2 aromatic carbocycles. The maximum Gasteiger partial charge on any atom is 0.124 e. The smallest absolute Gasteiger partial charge is 0.124 e. The molecule has 3 atom stereocenters. The van der Waals surface area contributed by atoms with Crippen LogP contribution in [0.2, 0.25) is 0 Å². The lowest BCUT2D eigenvalue weighted by atomic mass is 9.77. The lowest BCUT2D eigenvalue weighted by Gasteiger charge is -2.38. The first-order chi connectivity index (χ1) is 13.3. The number of ether oxygens (including phenoxy) is 3. The standard InChI is InChI=1S/C23H27NO3/c1-3-26-22-10-5-4-7-19(22)23-18-9-6-8-17(18)20-15-16(27-14-13-25-2)11-12-21(20)24-23/h4-8,10-12,15,17-18,23-24H,3,9,13-14H2,1-2H3. The van der Waals surface area contributed by atoms with Gasteiger partial charge in [0.1, 0.15) is 18.1 Å². The van der Waals surface area contributed by atoms with E-state index in [9.17, 15) is 0 Å². The van der Waals surface area contributed by atoms with Gasteiger partial charge in [-0.3, -0.25) is 0 Å². The van der Waals surface area contributed by atoms with E-state index in [0.717, 1.165) is 17.9 Å². The van der Waals surface area contributed by atoms with E-state index in [0.29, 0.717) is 31.7 Å². The molecule has 0 spiro atoms. The van der Waals surface area contributed by atoms with Crippen molar-refractivity contribution in [3.8, 4) is 11.5 Å². The van der Waals surface area contributed by atoms with Crippen LogP contribution in [0.4, 0.5) is 5.69 Å². The first-order valence-electron chi connectivity index (χ1n) is 9.72. The number of anilines is 1. The SMILES string of the molecule is CCOc1ccccc1C1Nc2ccc(OCCOC)cc2C2C=CCC21. The van der Waals surface area contributed by atoms with Gasteiger partial charge in [0.05, 0.1) is 19.3 Å². The van der Waals surface area contributed by atoms with E-state index in [1.54, 1.807) is 7.11 Å². The maximum absolute atomic E-state index is 5.91. The summed E-state index contributed by atoms with van der Waals surface area (Å²) in [4.78, 5) is 0. The molecule has 2 aliphatic rings. The van der Waals surface area contributed by atoms with Crippen molar-refractivity contribution in [1.29, 1.82) is 0 Å². The third kappa shape index (κ3) is 3.54. The van der Waals surface area contributed by atoms with Gasteiger partial charge in [0.25, 0.3) is 0 Å². The molecular formula is C23H27NO3. The van der Waals surface area contributed by atoms with Gasteiger partial charge in [-0.05, 0) is 49.1 Å². The highest BCUT2D eigenvalue weighted by Crippen LogP contribution is 2.51. The molecule has 1 heterocycles. The Balaban J connectivity index is 1.65. The number of fused-ring (bicyclic) bond motifs is 3. The fourth-order valence-electron chi connectivity index (χ4n) is 4.24. The van der Waals surface area contributed by atoms with E-state index < -0.39 is 0 Å². The minimum Gasteiger partial charge on any atom is -0.494 e. The monoisotopic (exact) mass is 365 g/mol. The van der Waals surface area contributed by atoms with Crippen molar-refractivity contribution in [3.63, 3.8) is 0 Å². The number of hydrogen-bond donors (Lipinski definition) is 1. The number of hydrogen-bond acceptors (Lipinski definition) is 4. The highest BCUT2D eigenvalue weighted by Gasteiger charge is 2.39. The highest BCUT2D eigenvalue weighted by molar-refractivity contribution is 5.62. The van der Waals surface area contributed by atoms with Gasteiger partial charge < -0.3 is 19.5 Å². The Bertz CT molecular complexity index is 817. The molecular weight excluding hydrogens is 338 g/mol. The molecule has 4 rings (SSSR count).